The highest BCUT2D eigenvalue weighted by atomic mass is 19.4. The smallest absolute Gasteiger partial charge is 0.475 e. The van der Waals surface area contributed by atoms with Crippen LogP contribution in [0.5, 0.6) is 0 Å². The number of carboxylic acids is 1. The monoisotopic (exact) mass is 650 g/mol. The van der Waals surface area contributed by atoms with Gasteiger partial charge in [0.2, 0.25) is 0 Å². The van der Waals surface area contributed by atoms with Crippen LogP contribution in [0.15, 0.2) is 48.8 Å². The molecule has 1 fully saturated rings. The number of nitrogens with one attached hydrogen (secondary N) is 3. The Morgan fingerprint density at radius 2 is 1.33 bits per heavy atom. The third-order valence-corrected chi connectivity index (χ3v) is 6.62. The molecule has 1 aliphatic heterocycles. The molecule has 17 heteroatoms. The zero-order chi connectivity index (χ0) is 34.0. The Kier molecular flexibility index (Phi) is 12.1. The SMILES string of the molecule is COC(=O)c1ccc(C(=O)Nc2cc(C(=O)Nc3cc(C(=O)NCCN4CCOCC4)n(C)c3)n(C)c2)cc1.O=C(O)C(F)(F)F. The predicted molar refractivity (Wildman–Crippen MR) is 158 cm³/mol. The fraction of sp³-hybridized carbons (Fsp3) is 0.345. The van der Waals surface area contributed by atoms with E-state index in [1.54, 1.807) is 47.8 Å². The Labute approximate surface area is 261 Å². The van der Waals surface area contributed by atoms with Gasteiger partial charge in [0.25, 0.3) is 17.7 Å². The van der Waals surface area contributed by atoms with Gasteiger partial charge < -0.3 is 39.7 Å². The summed E-state index contributed by atoms with van der Waals surface area (Å²) in [6.07, 6.45) is -1.80. The highest BCUT2D eigenvalue weighted by Gasteiger charge is 2.38. The number of carbonyl (C=O) groups excluding carboxylic acids is 4. The summed E-state index contributed by atoms with van der Waals surface area (Å²) in [4.78, 5) is 61.0. The lowest BCUT2D eigenvalue weighted by atomic mass is 10.1. The number of alkyl halides is 3. The number of anilines is 2. The van der Waals surface area contributed by atoms with E-state index in [4.69, 9.17) is 14.6 Å². The Bertz CT molecular complexity index is 1560. The molecule has 3 amide bonds. The lowest BCUT2D eigenvalue weighted by Crippen LogP contribution is -2.41. The van der Waals surface area contributed by atoms with Crippen molar-refractivity contribution in [2.75, 3.05) is 57.1 Å². The number of carboxylic acid groups (broad SMARTS) is 1. The molecular weight excluding hydrogens is 617 g/mol. The molecule has 2 aromatic heterocycles. The summed E-state index contributed by atoms with van der Waals surface area (Å²) in [7, 11) is 4.71. The largest absolute Gasteiger partial charge is 0.490 e. The minimum absolute atomic E-state index is 0.227. The number of amides is 3. The Hall–Kier alpha value is -5.16. The number of methoxy groups -OCH3 is 1. The standard InChI is InChI=1S/C27H32N6O6.C2HF3O2/c1-31-17-21(14-22(31)25(35)28-8-9-33-10-12-39-13-11-33)30-26(36)23-15-20(16-32(23)2)29-24(34)18-4-6-19(7-5-18)27(37)38-3;3-2(4,5)1(6)7/h4-7,14-17H,8-13H2,1-3H3,(H,28,35)(H,29,34)(H,30,36);(H,6,7). The highest BCUT2D eigenvalue weighted by molar-refractivity contribution is 6.07. The number of hydrogen-bond acceptors (Lipinski definition) is 8. The number of carbonyl (C=O) groups is 5. The van der Waals surface area contributed by atoms with E-state index < -0.39 is 29.9 Å². The molecule has 3 aromatic rings. The molecule has 14 nitrogen and oxygen atoms in total. The predicted octanol–water partition coefficient (Wildman–Crippen LogP) is 2.35. The topological polar surface area (TPSA) is 173 Å². The van der Waals surface area contributed by atoms with Gasteiger partial charge in [-0.2, -0.15) is 13.2 Å². The number of benzene rings is 1. The van der Waals surface area contributed by atoms with Gasteiger partial charge in [-0.3, -0.25) is 19.3 Å². The number of nitrogens with zero attached hydrogens (tertiary/aromatic N) is 3. The second-order valence-corrected chi connectivity index (χ2v) is 9.94. The summed E-state index contributed by atoms with van der Waals surface area (Å²) in [5.41, 5.74) is 2.31. The van der Waals surface area contributed by atoms with Crippen molar-refractivity contribution < 1.29 is 51.7 Å². The molecule has 3 heterocycles. The van der Waals surface area contributed by atoms with Crippen LogP contribution in [0, 0.1) is 0 Å². The maximum absolute atomic E-state index is 13.0. The average molecular weight is 651 g/mol. The van der Waals surface area contributed by atoms with Crippen LogP contribution in [-0.2, 0) is 28.4 Å². The number of ether oxygens (including phenoxy) is 2. The first-order chi connectivity index (χ1) is 21.7. The van der Waals surface area contributed by atoms with Crippen LogP contribution in [0.25, 0.3) is 0 Å². The molecule has 0 unspecified atom stereocenters. The van der Waals surface area contributed by atoms with Crippen molar-refractivity contribution in [1.29, 1.82) is 0 Å². The van der Waals surface area contributed by atoms with E-state index in [0.29, 0.717) is 53.6 Å². The van der Waals surface area contributed by atoms with Gasteiger partial charge in [0.05, 0.1) is 37.3 Å². The molecule has 4 N–H and O–H groups in total. The minimum atomic E-state index is -5.08. The van der Waals surface area contributed by atoms with Gasteiger partial charge in [-0.05, 0) is 36.4 Å². The van der Waals surface area contributed by atoms with E-state index in [2.05, 4.69) is 25.6 Å². The van der Waals surface area contributed by atoms with Crippen molar-refractivity contribution in [3.05, 3.63) is 71.3 Å². The van der Waals surface area contributed by atoms with Crippen molar-refractivity contribution in [3.63, 3.8) is 0 Å². The molecule has 0 atom stereocenters. The molecule has 1 aliphatic rings. The fourth-order valence-electron chi connectivity index (χ4n) is 4.23. The Morgan fingerprint density at radius 3 is 1.83 bits per heavy atom. The zero-order valence-corrected chi connectivity index (χ0v) is 25.1. The third-order valence-electron chi connectivity index (χ3n) is 6.62. The number of aliphatic carboxylic acids is 1. The number of morpholine rings is 1. The molecule has 1 aromatic carbocycles. The summed E-state index contributed by atoms with van der Waals surface area (Å²) in [5.74, 6) is -4.26. The Balaban J connectivity index is 0.000000738. The summed E-state index contributed by atoms with van der Waals surface area (Å²) in [6, 6.07) is 9.21. The second-order valence-electron chi connectivity index (χ2n) is 9.94. The lowest BCUT2D eigenvalue weighted by Gasteiger charge is -2.26. The van der Waals surface area contributed by atoms with Crippen LogP contribution in [-0.4, -0.2) is 101 Å². The zero-order valence-electron chi connectivity index (χ0n) is 25.1. The Morgan fingerprint density at radius 1 is 0.848 bits per heavy atom. The number of esters is 1. The number of aromatic nitrogens is 2. The summed E-state index contributed by atoms with van der Waals surface area (Å²) < 4.78 is 45.0. The molecule has 0 radical (unpaired) electrons. The van der Waals surface area contributed by atoms with E-state index in [-0.39, 0.29) is 5.91 Å². The number of rotatable bonds is 9. The molecule has 0 aliphatic carbocycles. The first-order valence-electron chi connectivity index (χ1n) is 13.7. The molecule has 46 heavy (non-hydrogen) atoms. The fourth-order valence-corrected chi connectivity index (χ4v) is 4.23. The van der Waals surface area contributed by atoms with Crippen LogP contribution in [0.2, 0.25) is 0 Å². The van der Waals surface area contributed by atoms with E-state index in [9.17, 15) is 32.3 Å². The molecular formula is C29H33F3N6O8. The second kappa shape index (κ2) is 15.7. The molecule has 0 bridgehead atoms. The van der Waals surface area contributed by atoms with Gasteiger partial charge in [0.1, 0.15) is 11.4 Å². The van der Waals surface area contributed by atoms with Gasteiger partial charge in [0, 0.05) is 58.2 Å². The van der Waals surface area contributed by atoms with E-state index in [0.717, 1.165) is 19.6 Å². The number of halogens is 3. The quantitative estimate of drug-likeness (QED) is 0.254. The van der Waals surface area contributed by atoms with E-state index in [1.165, 1.54) is 31.4 Å². The van der Waals surface area contributed by atoms with Gasteiger partial charge >= 0.3 is 18.1 Å². The third kappa shape index (κ3) is 9.93. The van der Waals surface area contributed by atoms with Crippen molar-refractivity contribution in [3.8, 4) is 0 Å². The summed E-state index contributed by atoms with van der Waals surface area (Å²) in [6.45, 7) is 4.37. The number of aryl methyl sites for hydroxylation is 2. The average Bonchev–Trinajstić information content (AvgIpc) is 3.57. The van der Waals surface area contributed by atoms with Gasteiger partial charge in [-0.1, -0.05) is 0 Å². The van der Waals surface area contributed by atoms with Gasteiger partial charge in [-0.25, -0.2) is 9.59 Å². The summed E-state index contributed by atoms with van der Waals surface area (Å²) >= 11 is 0. The molecule has 4 rings (SSSR count). The number of hydrogen-bond donors (Lipinski definition) is 4. The van der Waals surface area contributed by atoms with Crippen molar-refractivity contribution in [2.24, 2.45) is 14.1 Å². The molecule has 0 spiro atoms. The van der Waals surface area contributed by atoms with Gasteiger partial charge in [0.15, 0.2) is 0 Å². The van der Waals surface area contributed by atoms with Crippen molar-refractivity contribution in [2.45, 2.75) is 6.18 Å². The van der Waals surface area contributed by atoms with Crippen molar-refractivity contribution >= 4 is 41.0 Å². The van der Waals surface area contributed by atoms with Crippen LogP contribution < -0.4 is 16.0 Å². The van der Waals surface area contributed by atoms with Crippen molar-refractivity contribution in [1.82, 2.24) is 19.4 Å². The first kappa shape index (κ1) is 35.3. The lowest BCUT2D eigenvalue weighted by molar-refractivity contribution is -0.192. The minimum Gasteiger partial charge on any atom is -0.475 e. The maximum Gasteiger partial charge on any atom is 0.490 e. The maximum atomic E-state index is 13.0. The van der Waals surface area contributed by atoms with Gasteiger partial charge in [-0.15, -0.1) is 0 Å². The van der Waals surface area contributed by atoms with Crippen LogP contribution in [0.3, 0.4) is 0 Å². The van der Waals surface area contributed by atoms with E-state index in [1.807, 2.05) is 0 Å². The molecule has 0 saturated carbocycles. The first-order valence-corrected chi connectivity index (χ1v) is 13.7. The van der Waals surface area contributed by atoms with Crippen LogP contribution >= 0.6 is 0 Å². The molecule has 248 valence electrons. The normalized spacial score (nSPS) is 13.2. The summed E-state index contributed by atoms with van der Waals surface area (Å²) in [5, 5.41) is 15.6. The molecule has 1 saturated heterocycles. The van der Waals surface area contributed by atoms with Crippen LogP contribution in [0.1, 0.15) is 41.7 Å². The highest BCUT2D eigenvalue weighted by Crippen LogP contribution is 2.19. The van der Waals surface area contributed by atoms with Crippen LogP contribution in [0.4, 0.5) is 24.5 Å². The van der Waals surface area contributed by atoms with E-state index >= 15 is 0 Å².